The molecule has 0 aliphatic heterocycles. The summed E-state index contributed by atoms with van der Waals surface area (Å²) in [7, 11) is -3.84. The van der Waals surface area contributed by atoms with Crippen LogP contribution in [0.4, 0.5) is 4.39 Å². The van der Waals surface area contributed by atoms with Gasteiger partial charge in [0.15, 0.2) is 6.61 Å². The zero-order chi connectivity index (χ0) is 19.0. The topological polar surface area (TPSA) is 92.8 Å². The second-order valence-corrected chi connectivity index (χ2v) is 7.10. The van der Waals surface area contributed by atoms with Crippen LogP contribution < -0.4 is 5.32 Å². The Bertz CT molecular complexity index is 717. The summed E-state index contributed by atoms with van der Waals surface area (Å²) in [5, 5.41) is 2.51. The number of halogens is 1. The van der Waals surface area contributed by atoms with Crippen molar-refractivity contribution in [3.05, 3.63) is 29.6 Å². The fourth-order valence-corrected chi connectivity index (χ4v) is 3.54. The van der Waals surface area contributed by atoms with Gasteiger partial charge in [0, 0.05) is 19.6 Å². The average Bonchev–Trinajstić information content (AvgIpc) is 2.58. The van der Waals surface area contributed by atoms with Gasteiger partial charge >= 0.3 is 5.97 Å². The van der Waals surface area contributed by atoms with Gasteiger partial charge in [0.1, 0.15) is 5.82 Å². The van der Waals surface area contributed by atoms with Crippen LogP contribution in [0.15, 0.2) is 23.1 Å². The fourth-order valence-electron chi connectivity index (χ4n) is 2.06. The second kappa shape index (κ2) is 9.47. The molecule has 0 bridgehead atoms. The molecule has 0 heterocycles. The predicted octanol–water partition coefficient (Wildman–Crippen LogP) is 1.54. The minimum Gasteiger partial charge on any atom is -0.452 e. The average molecular weight is 374 g/mol. The van der Waals surface area contributed by atoms with Gasteiger partial charge in [-0.15, -0.1) is 0 Å². The van der Waals surface area contributed by atoms with E-state index in [4.69, 9.17) is 4.74 Å². The van der Waals surface area contributed by atoms with E-state index < -0.39 is 39.9 Å². The molecule has 9 heteroatoms. The highest BCUT2D eigenvalue weighted by Crippen LogP contribution is 2.19. The zero-order valence-corrected chi connectivity index (χ0v) is 15.4. The highest BCUT2D eigenvalue weighted by Gasteiger charge is 2.25. The monoisotopic (exact) mass is 374 g/mol. The number of amides is 1. The van der Waals surface area contributed by atoms with E-state index in [1.165, 1.54) is 4.31 Å². The normalized spacial score (nSPS) is 11.4. The highest BCUT2D eigenvalue weighted by molar-refractivity contribution is 7.89. The van der Waals surface area contributed by atoms with E-state index in [9.17, 15) is 22.4 Å². The molecule has 0 saturated heterocycles. The quantitative estimate of drug-likeness (QED) is 0.662. The highest BCUT2D eigenvalue weighted by atomic mass is 32.2. The minimum absolute atomic E-state index is 0.208. The molecule has 0 atom stereocenters. The zero-order valence-electron chi connectivity index (χ0n) is 14.5. The first-order valence-corrected chi connectivity index (χ1v) is 9.45. The summed E-state index contributed by atoms with van der Waals surface area (Å²) in [4.78, 5) is 23.2. The van der Waals surface area contributed by atoms with E-state index in [1.54, 1.807) is 13.8 Å². The summed E-state index contributed by atoms with van der Waals surface area (Å²) in [5.74, 6) is -2.53. The standard InChI is InChI=1S/C16H23FN2O5S/c1-4-9-18-15(20)11-24-16(21)13-10-12(7-8-14(13)17)25(22,23)19(5-2)6-3/h7-8,10H,4-6,9,11H2,1-3H3,(H,18,20). The number of hydrogen-bond acceptors (Lipinski definition) is 5. The first-order valence-electron chi connectivity index (χ1n) is 8.01. The van der Waals surface area contributed by atoms with Crippen molar-refractivity contribution >= 4 is 21.9 Å². The predicted molar refractivity (Wildman–Crippen MR) is 90.1 cm³/mol. The largest absolute Gasteiger partial charge is 0.452 e. The molecule has 0 aliphatic rings. The number of carbonyl (C=O) groups is 2. The summed E-state index contributed by atoms with van der Waals surface area (Å²) in [6.45, 7) is 5.57. The Kier molecular flexibility index (Phi) is 7.98. The van der Waals surface area contributed by atoms with Gasteiger partial charge in [0.2, 0.25) is 10.0 Å². The molecule has 140 valence electrons. The van der Waals surface area contributed by atoms with Gasteiger partial charge in [-0.3, -0.25) is 4.79 Å². The van der Waals surface area contributed by atoms with Crippen LogP contribution in [0.3, 0.4) is 0 Å². The lowest BCUT2D eigenvalue weighted by atomic mass is 10.2. The van der Waals surface area contributed by atoms with Gasteiger partial charge in [-0.2, -0.15) is 4.31 Å². The molecule has 0 radical (unpaired) electrons. The van der Waals surface area contributed by atoms with Gasteiger partial charge in [-0.1, -0.05) is 20.8 Å². The lowest BCUT2D eigenvalue weighted by Crippen LogP contribution is -2.31. The lowest BCUT2D eigenvalue weighted by molar-refractivity contribution is -0.124. The Morgan fingerprint density at radius 3 is 2.40 bits per heavy atom. The molecule has 1 rings (SSSR count). The number of sulfonamides is 1. The van der Waals surface area contributed by atoms with Crippen LogP contribution in [0.25, 0.3) is 0 Å². The molecular formula is C16H23FN2O5S. The Morgan fingerprint density at radius 2 is 1.84 bits per heavy atom. The molecule has 7 nitrogen and oxygen atoms in total. The molecule has 25 heavy (non-hydrogen) atoms. The van der Waals surface area contributed by atoms with E-state index in [-0.39, 0.29) is 18.0 Å². The van der Waals surface area contributed by atoms with Crippen molar-refractivity contribution in [1.29, 1.82) is 0 Å². The third kappa shape index (κ3) is 5.50. The lowest BCUT2D eigenvalue weighted by Gasteiger charge is -2.18. The van der Waals surface area contributed by atoms with Crippen molar-refractivity contribution in [3.8, 4) is 0 Å². The van der Waals surface area contributed by atoms with E-state index in [2.05, 4.69) is 5.32 Å². The number of carbonyl (C=O) groups excluding carboxylic acids is 2. The van der Waals surface area contributed by atoms with E-state index >= 15 is 0 Å². The number of nitrogens with one attached hydrogen (secondary N) is 1. The molecule has 0 saturated carbocycles. The molecule has 0 aliphatic carbocycles. The Balaban J connectivity index is 2.98. The Hall–Kier alpha value is -2.00. The Morgan fingerprint density at radius 1 is 1.20 bits per heavy atom. The summed E-state index contributed by atoms with van der Waals surface area (Å²) >= 11 is 0. The third-order valence-electron chi connectivity index (χ3n) is 3.41. The molecule has 1 aromatic carbocycles. The summed E-state index contributed by atoms with van der Waals surface area (Å²) < 4.78 is 44.7. The van der Waals surface area contributed by atoms with E-state index in [1.807, 2.05) is 6.92 Å². The molecule has 1 amide bonds. The maximum absolute atomic E-state index is 13.9. The van der Waals surface area contributed by atoms with E-state index in [0.29, 0.717) is 6.54 Å². The van der Waals surface area contributed by atoms with Crippen LogP contribution in [0, 0.1) is 5.82 Å². The van der Waals surface area contributed by atoms with Gasteiger partial charge in [-0.05, 0) is 24.6 Å². The third-order valence-corrected chi connectivity index (χ3v) is 5.45. The maximum atomic E-state index is 13.9. The first-order chi connectivity index (χ1) is 11.8. The van der Waals surface area contributed by atoms with Gasteiger partial charge in [0.25, 0.3) is 5.91 Å². The molecule has 0 spiro atoms. The number of benzene rings is 1. The molecular weight excluding hydrogens is 351 g/mol. The van der Waals surface area contributed by atoms with Crippen molar-refractivity contribution in [1.82, 2.24) is 9.62 Å². The minimum atomic E-state index is -3.84. The van der Waals surface area contributed by atoms with Gasteiger partial charge in [-0.25, -0.2) is 17.6 Å². The van der Waals surface area contributed by atoms with Gasteiger partial charge in [0.05, 0.1) is 10.5 Å². The number of nitrogens with zero attached hydrogens (tertiary/aromatic N) is 1. The number of esters is 1. The van der Waals surface area contributed by atoms with Crippen molar-refractivity contribution < 1.29 is 27.1 Å². The smallest absolute Gasteiger partial charge is 0.341 e. The van der Waals surface area contributed by atoms with Gasteiger partial charge < -0.3 is 10.1 Å². The Labute approximate surface area is 147 Å². The van der Waals surface area contributed by atoms with Crippen molar-refractivity contribution in [2.45, 2.75) is 32.1 Å². The summed E-state index contributed by atoms with van der Waals surface area (Å²) in [5.41, 5.74) is -0.531. The molecule has 1 aromatic rings. The SMILES string of the molecule is CCCNC(=O)COC(=O)c1cc(S(=O)(=O)N(CC)CC)ccc1F. The van der Waals surface area contributed by atoms with Crippen LogP contribution in [0.1, 0.15) is 37.6 Å². The molecule has 0 fully saturated rings. The molecule has 0 unspecified atom stereocenters. The van der Waals surface area contributed by atoms with Crippen molar-refractivity contribution in [3.63, 3.8) is 0 Å². The summed E-state index contributed by atoms with van der Waals surface area (Å²) in [6, 6.07) is 2.91. The second-order valence-electron chi connectivity index (χ2n) is 5.16. The number of rotatable bonds is 9. The molecule has 1 N–H and O–H groups in total. The maximum Gasteiger partial charge on any atom is 0.341 e. The number of ether oxygens (including phenoxy) is 1. The first kappa shape index (κ1) is 21.0. The number of hydrogen-bond donors (Lipinski definition) is 1. The summed E-state index contributed by atoms with van der Waals surface area (Å²) in [6.07, 6.45) is 0.722. The van der Waals surface area contributed by atoms with Crippen LogP contribution in [0.2, 0.25) is 0 Å². The van der Waals surface area contributed by atoms with Crippen LogP contribution in [-0.2, 0) is 19.6 Å². The van der Waals surface area contributed by atoms with Crippen molar-refractivity contribution in [2.75, 3.05) is 26.2 Å². The fraction of sp³-hybridized carbons (Fsp3) is 0.500. The van der Waals surface area contributed by atoms with Crippen molar-refractivity contribution in [2.24, 2.45) is 0 Å². The van der Waals surface area contributed by atoms with Crippen LogP contribution >= 0.6 is 0 Å². The molecule has 0 aromatic heterocycles. The van der Waals surface area contributed by atoms with E-state index in [0.717, 1.165) is 24.6 Å². The van der Waals surface area contributed by atoms with Crippen LogP contribution in [-0.4, -0.2) is 50.8 Å². The van der Waals surface area contributed by atoms with Crippen LogP contribution in [0.5, 0.6) is 0 Å².